The molecule has 1 aromatic carbocycles. The van der Waals surface area contributed by atoms with Crippen LogP contribution in [0.3, 0.4) is 0 Å². The number of nitrogens with zero attached hydrogens (tertiary/aromatic N) is 1. The number of rotatable bonds is 3. The second-order valence-corrected chi connectivity index (χ2v) is 5.74. The fourth-order valence-corrected chi connectivity index (χ4v) is 2.75. The van der Waals surface area contributed by atoms with Gasteiger partial charge in [-0.2, -0.15) is 0 Å². The topological polar surface area (TPSA) is 20.3 Å². The fourth-order valence-electron chi connectivity index (χ4n) is 2.24. The van der Waals surface area contributed by atoms with E-state index in [2.05, 4.69) is 0 Å². The lowest BCUT2D eigenvalue weighted by Gasteiger charge is -2.25. The summed E-state index contributed by atoms with van der Waals surface area (Å²) in [6.07, 6.45) is 0.537. The lowest BCUT2D eigenvalue weighted by atomic mass is 10.1. The molecule has 98 valence electrons. The van der Waals surface area contributed by atoms with E-state index in [1.807, 2.05) is 24.0 Å². The molecule has 1 aliphatic rings. The van der Waals surface area contributed by atoms with Crippen LogP contribution in [0.25, 0.3) is 0 Å². The molecule has 0 spiro atoms. The van der Waals surface area contributed by atoms with Gasteiger partial charge in [-0.05, 0) is 30.5 Å². The van der Waals surface area contributed by atoms with Gasteiger partial charge in [-0.1, -0.05) is 29.3 Å². The molecule has 1 aromatic rings. The first-order valence-electron chi connectivity index (χ1n) is 5.83. The Kier molecular flexibility index (Phi) is 4.41. The zero-order chi connectivity index (χ0) is 13.3. The molecule has 1 aliphatic heterocycles. The third kappa shape index (κ3) is 2.76. The Morgan fingerprint density at radius 3 is 2.67 bits per heavy atom. The largest absolute Gasteiger partial charge is 0.336 e. The Balaban J connectivity index is 2.18. The van der Waals surface area contributed by atoms with Gasteiger partial charge in [-0.15, -0.1) is 11.6 Å². The first kappa shape index (κ1) is 14.0. The van der Waals surface area contributed by atoms with Gasteiger partial charge < -0.3 is 4.90 Å². The van der Waals surface area contributed by atoms with Crippen LogP contribution in [0.15, 0.2) is 18.2 Å². The summed E-state index contributed by atoms with van der Waals surface area (Å²) in [4.78, 5) is 13.8. The van der Waals surface area contributed by atoms with Crippen LogP contribution in [-0.2, 0) is 4.79 Å². The van der Waals surface area contributed by atoms with Gasteiger partial charge >= 0.3 is 0 Å². The highest BCUT2D eigenvalue weighted by Gasteiger charge is 2.32. The first-order chi connectivity index (χ1) is 8.52. The molecule has 2 atom stereocenters. The van der Waals surface area contributed by atoms with Crippen LogP contribution < -0.4 is 0 Å². The molecule has 0 aliphatic carbocycles. The molecule has 0 radical (unpaired) electrons. The van der Waals surface area contributed by atoms with Crippen molar-refractivity contribution in [2.75, 3.05) is 12.4 Å². The summed E-state index contributed by atoms with van der Waals surface area (Å²) in [5, 5.41) is 1.04. The van der Waals surface area contributed by atoms with Gasteiger partial charge in [-0.25, -0.2) is 0 Å². The SMILES string of the molecule is CC(c1ccc(Cl)c(Cl)c1)N1CC(CCl)CC1=O. The average Bonchev–Trinajstić information content (AvgIpc) is 2.73. The highest BCUT2D eigenvalue weighted by atomic mass is 35.5. The number of likely N-dealkylation sites (tertiary alicyclic amines) is 1. The van der Waals surface area contributed by atoms with Crippen LogP contribution in [0.5, 0.6) is 0 Å². The summed E-state index contributed by atoms with van der Waals surface area (Å²) in [6.45, 7) is 2.71. The Bertz CT molecular complexity index is 464. The number of alkyl halides is 1. The lowest BCUT2D eigenvalue weighted by Crippen LogP contribution is -2.28. The number of hydrogen-bond acceptors (Lipinski definition) is 1. The van der Waals surface area contributed by atoms with Crippen LogP contribution in [-0.4, -0.2) is 23.2 Å². The highest BCUT2D eigenvalue weighted by Crippen LogP contribution is 2.32. The van der Waals surface area contributed by atoms with Gasteiger partial charge in [0.2, 0.25) is 5.91 Å². The van der Waals surface area contributed by atoms with E-state index in [1.54, 1.807) is 6.07 Å². The van der Waals surface area contributed by atoms with Gasteiger partial charge in [0.15, 0.2) is 0 Å². The molecular weight excluding hydrogens is 293 g/mol. The summed E-state index contributed by atoms with van der Waals surface area (Å²) >= 11 is 17.7. The van der Waals surface area contributed by atoms with Crippen molar-refractivity contribution >= 4 is 40.7 Å². The van der Waals surface area contributed by atoms with Crippen molar-refractivity contribution in [3.05, 3.63) is 33.8 Å². The van der Waals surface area contributed by atoms with Crippen LogP contribution in [0.2, 0.25) is 10.0 Å². The van der Waals surface area contributed by atoms with Crippen LogP contribution in [0.1, 0.15) is 24.9 Å². The van der Waals surface area contributed by atoms with E-state index >= 15 is 0 Å². The van der Waals surface area contributed by atoms with Crippen molar-refractivity contribution < 1.29 is 4.79 Å². The van der Waals surface area contributed by atoms with Crippen LogP contribution in [0.4, 0.5) is 0 Å². The standard InChI is InChI=1S/C13H14Cl3NO/c1-8(10-2-3-11(15)12(16)5-10)17-7-9(6-14)4-13(17)18/h2-3,5,8-9H,4,6-7H2,1H3. The van der Waals surface area contributed by atoms with E-state index in [1.165, 1.54) is 0 Å². The van der Waals surface area contributed by atoms with Crippen molar-refractivity contribution in [2.45, 2.75) is 19.4 Å². The third-order valence-corrected chi connectivity index (χ3v) is 4.53. The molecule has 2 rings (SSSR count). The van der Waals surface area contributed by atoms with Crippen LogP contribution >= 0.6 is 34.8 Å². The summed E-state index contributed by atoms with van der Waals surface area (Å²) < 4.78 is 0. The smallest absolute Gasteiger partial charge is 0.223 e. The number of halogens is 3. The minimum Gasteiger partial charge on any atom is -0.336 e. The predicted octanol–water partition coefficient (Wildman–Crippen LogP) is 4.14. The van der Waals surface area contributed by atoms with Crippen molar-refractivity contribution in [3.8, 4) is 0 Å². The zero-order valence-corrected chi connectivity index (χ0v) is 12.3. The van der Waals surface area contributed by atoms with Gasteiger partial charge in [0, 0.05) is 18.8 Å². The molecule has 2 unspecified atom stereocenters. The summed E-state index contributed by atoms with van der Waals surface area (Å²) in [5.74, 6) is 0.930. The van der Waals surface area contributed by atoms with E-state index in [-0.39, 0.29) is 17.9 Å². The molecule has 0 bridgehead atoms. The monoisotopic (exact) mass is 305 g/mol. The average molecular weight is 307 g/mol. The maximum Gasteiger partial charge on any atom is 0.223 e. The summed E-state index contributed by atoms with van der Waals surface area (Å²) in [7, 11) is 0. The number of benzene rings is 1. The summed E-state index contributed by atoms with van der Waals surface area (Å²) in [5.41, 5.74) is 0.993. The van der Waals surface area contributed by atoms with Gasteiger partial charge in [0.1, 0.15) is 0 Å². The van der Waals surface area contributed by atoms with Crippen molar-refractivity contribution in [3.63, 3.8) is 0 Å². The summed E-state index contributed by atoms with van der Waals surface area (Å²) in [6, 6.07) is 5.48. The van der Waals surface area contributed by atoms with Crippen molar-refractivity contribution in [1.82, 2.24) is 4.90 Å². The van der Waals surface area contributed by atoms with E-state index < -0.39 is 0 Å². The lowest BCUT2D eigenvalue weighted by molar-refractivity contribution is -0.129. The fraction of sp³-hybridized carbons (Fsp3) is 0.462. The third-order valence-electron chi connectivity index (χ3n) is 3.35. The molecule has 0 saturated carbocycles. The van der Waals surface area contributed by atoms with E-state index in [0.29, 0.717) is 28.9 Å². The highest BCUT2D eigenvalue weighted by molar-refractivity contribution is 6.42. The minimum atomic E-state index is 0.000448. The maximum absolute atomic E-state index is 11.9. The number of carbonyl (C=O) groups excluding carboxylic acids is 1. The van der Waals surface area contributed by atoms with Crippen molar-refractivity contribution in [2.24, 2.45) is 5.92 Å². The zero-order valence-electron chi connectivity index (χ0n) is 10.00. The molecule has 0 aromatic heterocycles. The quantitative estimate of drug-likeness (QED) is 0.769. The minimum absolute atomic E-state index is 0.000448. The molecule has 1 amide bonds. The van der Waals surface area contributed by atoms with Gasteiger partial charge in [0.05, 0.1) is 16.1 Å². The second-order valence-electron chi connectivity index (χ2n) is 4.62. The Hall–Kier alpha value is -0.440. The van der Waals surface area contributed by atoms with E-state index in [0.717, 1.165) is 5.56 Å². The Morgan fingerprint density at radius 2 is 2.11 bits per heavy atom. The molecule has 1 saturated heterocycles. The van der Waals surface area contributed by atoms with Crippen LogP contribution in [0, 0.1) is 5.92 Å². The molecule has 18 heavy (non-hydrogen) atoms. The maximum atomic E-state index is 11.9. The number of hydrogen-bond donors (Lipinski definition) is 0. The Morgan fingerprint density at radius 1 is 1.39 bits per heavy atom. The Labute approximate surface area is 122 Å². The molecular formula is C13H14Cl3NO. The second kappa shape index (κ2) is 5.68. The molecule has 1 heterocycles. The molecule has 5 heteroatoms. The van der Waals surface area contributed by atoms with Crippen molar-refractivity contribution in [1.29, 1.82) is 0 Å². The number of amides is 1. The van der Waals surface area contributed by atoms with E-state index in [9.17, 15) is 4.79 Å². The molecule has 2 nitrogen and oxygen atoms in total. The van der Waals surface area contributed by atoms with Gasteiger partial charge in [-0.3, -0.25) is 4.79 Å². The normalized spacial score (nSPS) is 21.4. The van der Waals surface area contributed by atoms with E-state index in [4.69, 9.17) is 34.8 Å². The predicted molar refractivity (Wildman–Crippen MR) is 75.4 cm³/mol. The number of carbonyl (C=O) groups is 1. The molecule has 0 N–H and O–H groups in total. The van der Waals surface area contributed by atoms with Gasteiger partial charge in [0.25, 0.3) is 0 Å². The first-order valence-corrected chi connectivity index (χ1v) is 7.12. The molecule has 1 fully saturated rings.